The van der Waals surface area contributed by atoms with Gasteiger partial charge in [0.05, 0.1) is 39.3 Å². The predicted octanol–water partition coefficient (Wildman–Crippen LogP) is 4.15. The highest BCUT2D eigenvalue weighted by Gasteiger charge is 2.32. The van der Waals surface area contributed by atoms with Gasteiger partial charge in [-0.15, -0.1) is 0 Å². The topological polar surface area (TPSA) is 183 Å². The molecule has 274 valence electrons. The van der Waals surface area contributed by atoms with Crippen LogP contribution in [-0.2, 0) is 40.1 Å². The molecule has 4 amide bonds. The van der Waals surface area contributed by atoms with E-state index in [0.29, 0.717) is 30.6 Å². The zero-order chi connectivity index (χ0) is 37.2. The molecular formula is C37H46N4O10. The SMILES string of the molecule is CCCCCC(C(=O)NCNC(=O)c1ccc(-c2ccc(C(=O)NC(CC(=O)OC)C(=O)OC)cc2)o1)[C@@H](CC)N(C=O)OCc1ccccc1. The Morgan fingerprint density at radius 1 is 0.863 bits per heavy atom. The minimum Gasteiger partial charge on any atom is -0.469 e. The van der Waals surface area contributed by atoms with E-state index in [2.05, 4.69) is 32.3 Å². The van der Waals surface area contributed by atoms with Crippen LogP contribution in [0.15, 0.2) is 71.1 Å². The molecule has 0 aliphatic heterocycles. The summed E-state index contributed by atoms with van der Waals surface area (Å²) in [6.45, 7) is 3.96. The number of carbonyl (C=O) groups excluding carboxylic acids is 6. The monoisotopic (exact) mass is 706 g/mol. The number of rotatable bonds is 21. The number of ether oxygens (including phenoxy) is 2. The maximum Gasteiger partial charge on any atom is 0.328 e. The van der Waals surface area contributed by atoms with E-state index in [1.54, 1.807) is 18.2 Å². The molecule has 14 nitrogen and oxygen atoms in total. The average molecular weight is 707 g/mol. The lowest BCUT2D eigenvalue weighted by atomic mass is 9.90. The molecule has 0 radical (unpaired) electrons. The highest BCUT2D eigenvalue weighted by Crippen LogP contribution is 2.24. The lowest BCUT2D eigenvalue weighted by Gasteiger charge is -2.32. The number of hydroxylamine groups is 2. The van der Waals surface area contributed by atoms with Crippen LogP contribution in [0.2, 0.25) is 0 Å². The Hall–Kier alpha value is -5.50. The molecule has 0 aliphatic rings. The maximum absolute atomic E-state index is 13.4. The van der Waals surface area contributed by atoms with Gasteiger partial charge < -0.3 is 29.8 Å². The molecule has 3 N–H and O–H groups in total. The number of nitrogens with one attached hydrogen (secondary N) is 3. The quantitative estimate of drug-likeness (QED) is 0.0479. The largest absolute Gasteiger partial charge is 0.469 e. The number of methoxy groups -OCH3 is 2. The Kier molecular flexibility index (Phi) is 16.4. The number of amides is 4. The van der Waals surface area contributed by atoms with Crippen LogP contribution in [0, 0.1) is 5.92 Å². The van der Waals surface area contributed by atoms with Crippen molar-refractivity contribution in [1.29, 1.82) is 0 Å². The molecule has 1 aromatic heterocycles. The zero-order valence-corrected chi connectivity index (χ0v) is 29.3. The van der Waals surface area contributed by atoms with Gasteiger partial charge in [-0.3, -0.25) is 28.8 Å². The molecule has 0 aliphatic carbocycles. The van der Waals surface area contributed by atoms with Gasteiger partial charge in [-0.25, -0.2) is 9.86 Å². The molecule has 3 rings (SSSR count). The zero-order valence-electron chi connectivity index (χ0n) is 29.3. The smallest absolute Gasteiger partial charge is 0.328 e. The highest BCUT2D eigenvalue weighted by atomic mass is 16.7. The summed E-state index contributed by atoms with van der Waals surface area (Å²) in [7, 11) is 2.31. The average Bonchev–Trinajstić information content (AvgIpc) is 3.66. The van der Waals surface area contributed by atoms with E-state index in [9.17, 15) is 28.8 Å². The first-order valence-electron chi connectivity index (χ1n) is 16.8. The van der Waals surface area contributed by atoms with Crippen molar-refractivity contribution in [2.24, 2.45) is 5.92 Å². The van der Waals surface area contributed by atoms with Gasteiger partial charge in [-0.05, 0) is 42.7 Å². The summed E-state index contributed by atoms with van der Waals surface area (Å²) < 4.78 is 15.0. The van der Waals surface area contributed by atoms with Gasteiger partial charge in [0, 0.05) is 11.1 Å². The number of unbranched alkanes of at least 4 members (excludes halogenated alkanes) is 2. The lowest BCUT2D eigenvalue weighted by Crippen LogP contribution is -2.48. The molecule has 1 heterocycles. The van der Waals surface area contributed by atoms with E-state index in [1.807, 2.05) is 37.3 Å². The number of hydrogen-bond acceptors (Lipinski definition) is 10. The molecule has 2 unspecified atom stereocenters. The van der Waals surface area contributed by atoms with Gasteiger partial charge in [0.1, 0.15) is 18.4 Å². The number of furan rings is 1. The van der Waals surface area contributed by atoms with E-state index in [-0.39, 0.29) is 30.5 Å². The second-order valence-electron chi connectivity index (χ2n) is 11.6. The van der Waals surface area contributed by atoms with Gasteiger partial charge >= 0.3 is 11.9 Å². The summed E-state index contributed by atoms with van der Waals surface area (Å²) in [4.78, 5) is 80.6. The van der Waals surface area contributed by atoms with Crippen LogP contribution < -0.4 is 16.0 Å². The third-order valence-electron chi connectivity index (χ3n) is 8.15. The van der Waals surface area contributed by atoms with E-state index >= 15 is 0 Å². The minimum atomic E-state index is -1.23. The first kappa shape index (κ1) is 39.9. The normalized spacial score (nSPS) is 12.5. The number of hydrogen-bond donors (Lipinski definition) is 3. The van der Waals surface area contributed by atoms with E-state index in [0.717, 1.165) is 31.9 Å². The molecule has 2 aromatic carbocycles. The second-order valence-corrected chi connectivity index (χ2v) is 11.6. The Labute approximate surface area is 297 Å². The Balaban J connectivity index is 1.59. The molecule has 3 atom stereocenters. The van der Waals surface area contributed by atoms with Crippen molar-refractivity contribution >= 4 is 36.1 Å². The molecule has 51 heavy (non-hydrogen) atoms. The summed E-state index contributed by atoms with van der Waals surface area (Å²) in [6, 6.07) is 16.9. The molecular weight excluding hydrogens is 660 g/mol. The van der Waals surface area contributed by atoms with Crippen LogP contribution in [0.3, 0.4) is 0 Å². The fourth-order valence-corrected chi connectivity index (χ4v) is 5.34. The third-order valence-corrected chi connectivity index (χ3v) is 8.15. The van der Waals surface area contributed by atoms with Crippen molar-refractivity contribution in [3.63, 3.8) is 0 Å². The standard InChI is InChI=1S/C37H46N4O10/c1-5-7-9-14-28(30(6-2)41(24-42)50-22-25-12-10-8-11-13-25)35(45)38-23-39-36(46)32-20-19-31(51-32)26-15-17-27(18-16-26)34(44)40-29(37(47)49-4)21-33(43)48-3/h8,10-13,15-20,24,28-30H,5-7,9,14,21-23H2,1-4H3,(H,38,45)(H,39,46)(H,40,44)/t28?,29?,30-/m1/s1. The fraction of sp³-hybridized carbons (Fsp3) is 0.405. The van der Waals surface area contributed by atoms with E-state index in [4.69, 9.17) is 9.25 Å². The molecule has 0 fully saturated rings. The van der Waals surface area contributed by atoms with Crippen molar-refractivity contribution in [2.75, 3.05) is 20.9 Å². The van der Waals surface area contributed by atoms with Gasteiger partial charge in [-0.1, -0.05) is 75.6 Å². The molecule has 3 aromatic rings. The molecule has 14 heteroatoms. The first-order valence-corrected chi connectivity index (χ1v) is 16.8. The lowest BCUT2D eigenvalue weighted by molar-refractivity contribution is -0.200. The van der Waals surface area contributed by atoms with Gasteiger partial charge in [0.25, 0.3) is 11.8 Å². The van der Waals surface area contributed by atoms with Crippen LogP contribution in [0.4, 0.5) is 0 Å². The number of esters is 2. The highest BCUT2D eigenvalue weighted by molar-refractivity contribution is 5.98. The Morgan fingerprint density at radius 3 is 2.22 bits per heavy atom. The van der Waals surface area contributed by atoms with Crippen molar-refractivity contribution in [3.8, 4) is 11.3 Å². The van der Waals surface area contributed by atoms with Crippen molar-refractivity contribution in [1.82, 2.24) is 21.0 Å². The first-order chi connectivity index (χ1) is 24.6. The van der Waals surface area contributed by atoms with Crippen molar-refractivity contribution < 1.29 is 47.5 Å². The fourth-order valence-electron chi connectivity index (χ4n) is 5.34. The maximum atomic E-state index is 13.4. The Morgan fingerprint density at radius 2 is 1.59 bits per heavy atom. The summed E-state index contributed by atoms with van der Waals surface area (Å²) in [6.07, 6.45) is 3.89. The molecule has 0 bridgehead atoms. The van der Waals surface area contributed by atoms with Crippen LogP contribution in [0.25, 0.3) is 11.3 Å². The Bertz CT molecular complexity index is 1590. The second kappa shape index (κ2) is 20.9. The molecule has 0 saturated heterocycles. The van der Waals surface area contributed by atoms with Gasteiger partial charge in [0.2, 0.25) is 12.3 Å². The summed E-state index contributed by atoms with van der Waals surface area (Å²) in [5, 5.41) is 9.08. The van der Waals surface area contributed by atoms with Crippen molar-refractivity contribution in [2.45, 2.75) is 71.1 Å². The van der Waals surface area contributed by atoms with Crippen LogP contribution in [-0.4, -0.2) is 74.1 Å². The van der Waals surface area contributed by atoms with E-state index < -0.39 is 48.2 Å². The van der Waals surface area contributed by atoms with Crippen molar-refractivity contribution in [3.05, 3.63) is 83.6 Å². The number of nitrogens with zero attached hydrogens (tertiary/aromatic N) is 1. The predicted molar refractivity (Wildman–Crippen MR) is 185 cm³/mol. The molecule has 0 saturated carbocycles. The van der Waals surface area contributed by atoms with Crippen LogP contribution in [0.1, 0.15) is 78.8 Å². The minimum absolute atomic E-state index is 0.00262. The van der Waals surface area contributed by atoms with E-state index in [1.165, 1.54) is 30.4 Å². The van der Waals surface area contributed by atoms with Crippen LogP contribution >= 0.6 is 0 Å². The molecule has 0 spiro atoms. The number of benzene rings is 2. The number of carbonyl (C=O) groups is 6. The van der Waals surface area contributed by atoms with Crippen LogP contribution in [0.5, 0.6) is 0 Å². The van der Waals surface area contributed by atoms with Gasteiger partial charge in [0.15, 0.2) is 5.76 Å². The third kappa shape index (κ3) is 12.1. The summed E-state index contributed by atoms with van der Waals surface area (Å²) in [5.41, 5.74) is 1.65. The van der Waals surface area contributed by atoms with Gasteiger partial charge in [-0.2, -0.15) is 0 Å². The summed E-state index contributed by atoms with van der Waals surface area (Å²) >= 11 is 0. The summed E-state index contributed by atoms with van der Waals surface area (Å²) in [5.74, 6) is -3.20.